The Morgan fingerprint density at radius 3 is 2.84 bits per heavy atom. The zero-order chi connectivity index (χ0) is 13.7. The molecule has 2 rings (SSSR count). The van der Waals surface area contributed by atoms with Crippen LogP contribution in [0.5, 0.6) is 0 Å². The molecule has 1 aromatic heterocycles. The monoisotopic (exact) mass is 276 g/mol. The molecule has 0 amide bonds. The van der Waals surface area contributed by atoms with Gasteiger partial charge in [-0.15, -0.1) is 0 Å². The highest BCUT2D eigenvalue weighted by Crippen LogP contribution is 2.22. The van der Waals surface area contributed by atoms with Crippen LogP contribution in [0.15, 0.2) is 35.7 Å². The van der Waals surface area contributed by atoms with Crippen LogP contribution < -0.4 is 5.32 Å². The highest BCUT2D eigenvalue weighted by atomic mass is 32.1. The molecular weight excluding hydrogens is 260 g/mol. The summed E-state index contributed by atoms with van der Waals surface area (Å²) in [7, 11) is 0. The lowest BCUT2D eigenvalue weighted by Gasteiger charge is -2.04. The Balaban J connectivity index is 1.76. The van der Waals surface area contributed by atoms with Gasteiger partial charge in [-0.1, -0.05) is 41.2 Å². The quantitative estimate of drug-likeness (QED) is 0.500. The number of hydrogen-bond acceptors (Lipinski definition) is 4. The number of nitro groups is 1. The molecule has 0 aliphatic heterocycles. The van der Waals surface area contributed by atoms with Crippen LogP contribution >= 0.6 is 11.3 Å². The molecule has 0 saturated heterocycles. The maximum absolute atomic E-state index is 10.6. The van der Waals surface area contributed by atoms with Gasteiger partial charge >= 0.3 is 5.00 Å². The molecule has 0 spiro atoms. The maximum atomic E-state index is 10.6. The summed E-state index contributed by atoms with van der Waals surface area (Å²) in [5.74, 6) is 0. The lowest BCUT2D eigenvalue weighted by atomic mass is 10.1. The molecule has 4 nitrogen and oxygen atoms in total. The third-order valence-electron chi connectivity index (χ3n) is 2.82. The van der Waals surface area contributed by atoms with Gasteiger partial charge in [-0.2, -0.15) is 0 Å². The van der Waals surface area contributed by atoms with Gasteiger partial charge in [0.25, 0.3) is 0 Å². The first-order valence-corrected chi connectivity index (χ1v) is 7.01. The fourth-order valence-corrected chi connectivity index (χ4v) is 2.61. The van der Waals surface area contributed by atoms with Crippen LogP contribution in [0.25, 0.3) is 0 Å². The molecule has 0 aliphatic carbocycles. The molecule has 5 heteroatoms. The van der Waals surface area contributed by atoms with Gasteiger partial charge < -0.3 is 5.32 Å². The highest BCUT2D eigenvalue weighted by molar-refractivity contribution is 7.13. The second-order valence-corrected chi connectivity index (χ2v) is 5.36. The van der Waals surface area contributed by atoms with Gasteiger partial charge in [-0.05, 0) is 31.0 Å². The van der Waals surface area contributed by atoms with E-state index in [-0.39, 0.29) is 9.92 Å². The number of nitrogens with zero attached hydrogens (tertiary/aromatic N) is 1. The van der Waals surface area contributed by atoms with Crippen molar-refractivity contribution in [1.29, 1.82) is 0 Å². The van der Waals surface area contributed by atoms with Gasteiger partial charge in [0, 0.05) is 18.0 Å². The van der Waals surface area contributed by atoms with Crippen molar-refractivity contribution in [2.45, 2.75) is 19.9 Å². The molecule has 1 heterocycles. The van der Waals surface area contributed by atoms with Crippen LogP contribution in [-0.2, 0) is 13.0 Å². The average Bonchev–Trinajstić information content (AvgIpc) is 2.84. The number of benzene rings is 1. The van der Waals surface area contributed by atoms with Crippen LogP contribution in [0.1, 0.15) is 16.7 Å². The minimum atomic E-state index is -0.346. The average molecular weight is 276 g/mol. The Kier molecular flexibility index (Phi) is 4.65. The van der Waals surface area contributed by atoms with Crippen molar-refractivity contribution in [2.24, 2.45) is 0 Å². The number of nitrogens with one attached hydrogen (secondary N) is 1. The molecule has 0 atom stereocenters. The first kappa shape index (κ1) is 13.7. The molecule has 0 aliphatic rings. The molecule has 0 bridgehead atoms. The summed E-state index contributed by atoms with van der Waals surface area (Å²) >= 11 is 1.17. The Morgan fingerprint density at radius 2 is 2.16 bits per heavy atom. The molecule has 0 saturated carbocycles. The number of hydrogen-bond donors (Lipinski definition) is 1. The third kappa shape index (κ3) is 4.15. The van der Waals surface area contributed by atoms with Gasteiger partial charge in [-0.25, -0.2) is 0 Å². The van der Waals surface area contributed by atoms with Crippen molar-refractivity contribution in [2.75, 3.05) is 6.54 Å². The summed E-state index contributed by atoms with van der Waals surface area (Å²) in [5, 5.41) is 15.9. The third-order valence-corrected chi connectivity index (χ3v) is 3.75. The molecule has 19 heavy (non-hydrogen) atoms. The zero-order valence-corrected chi connectivity index (χ0v) is 11.6. The number of aryl methyl sites for hydroxylation is 1. The van der Waals surface area contributed by atoms with Crippen molar-refractivity contribution < 1.29 is 4.92 Å². The van der Waals surface area contributed by atoms with E-state index >= 15 is 0 Å². The fraction of sp³-hybridized carbons (Fsp3) is 0.286. The van der Waals surface area contributed by atoms with E-state index < -0.39 is 0 Å². The lowest BCUT2D eigenvalue weighted by molar-refractivity contribution is -0.380. The summed E-state index contributed by atoms with van der Waals surface area (Å²) in [4.78, 5) is 10.2. The van der Waals surface area contributed by atoms with Crippen LogP contribution in [0.3, 0.4) is 0 Å². The predicted octanol–water partition coefficient (Wildman–Crippen LogP) is 3.30. The fourth-order valence-electron chi connectivity index (χ4n) is 1.88. The predicted molar refractivity (Wildman–Crippen MR) is 77.6 cm³/mol. The SMILES string of the molecule is Cc1cccc(CCNCc2csc([N+](=O)[O-])c2)c1. The van der Waals surface area contributed by atoms with Crippen molar-refractivity contribution in [3.63, 3.8) is 0 Å². The van der Waals surface area contributed by atoms with Gasteiger partial charge in [0.15, 0.2) is 0 Å². The van der Waals surface area contributed by atoms with Crippen LogP contribution in [0.2, 0.25) is 0 Å². The maximum Gasteiger partial charge on any atom is 0.324 e. The first-order chi connectivity index (χ1) is 9.15. The molecule has 100 valence electrons. The summed E-state index contributed by atoms with van der Waals surface area (Å²) in [6.07, 6.45) is 0.966. The topological polar surface area (TPSA) is 55.2 Å². The van der Waals surface area contributed by atoms with E-state index in [0.29, 0.717) is 6.54 Å². The number of rotatable bonds is 6. The lowest BCUT2D eigenvalue weighted by Crippen LogP contribution is -2.16. The van der Waals surface area contributed by atoms with E-state index in [2.05, 4.69) is 36.5 Å². The van der Waals surface area contributed by atoms with Gasteiger partial charge in [-0.3, -0.25) is 10.1 Å². The summed E-state index contributed by atoms with van der Waals surface area (Å²) in [5.41, 5.74) is 3.55. The summed E-state index contributed by atoms with van der Waals surface area (Å²) < 4.78 is 0. The highest BCUT2D eigenvalue weighted by Gasteiger charge is 2.08. The normalized spacial score (nSPS) is 10.6. The standard InChI is InChI=1S/C14H16N2O2S/c1-11-3-2-4-12(7-11)5-6-15-9-13-8-14(16(17)18)19-10-13/h2-4,7-8,10,15H,5-6,9H2,1H3. The van der Waals surface area contributed by atoms with Gasteiger partial charge in [0.1, 0.15) is 0 Å². The Hall–Kier alpha value is -1.72. The van der Waals surface area contributed by atoms with Crippen LogP contribution in [0.4, 0.5) is 5.00 Å². The smallest absolute Gasteiger partial charge is 0.312 e. The molecule has 1 N–H and O–H groups in total. The second kappa shape index (κ2) is 6.45. The number of thiophene rings is 1. The van der Waals surface area contributed by atoms with E-state index in [9.17, 15) is 10.1 Å². The van der Waals surface area contributed by atoms with Crippen molar-refractivity contribution in [1.82, 2.24) is 5.32 Å². The van der Waals surface area contributed by atoms with E-state index in [4.69, 9.17) is 0 Å². The molecule has 0 radical (unpaired) electrons. The molecule has 0 fully saturated rings. The van der Waals surface area contributed by atoms with E-state index in [1.807, 2.05) is 5.38 Å². The van der Waals surface area contributed by atoms with Gasteiger partial charge in [0.05, 0.1) is 4.92 Å². The minimum absolute atomic E-state index is 0.204. The Labute approximate surface area is 116 Å². The van der Waals surface area contributed by atoms with Crippen molar-refractivity contribution in [3.8, 4) is 0 Å². The van der Waals surface area contributed by atoms with Gasteiger partial charge in [0.2, 0.25) is 0 Å². The molecule has 1 aromatic carbocycles. The first-order valence-electron chi connectivity index (χ1n) is 6.13. The summed E-state index contributed by atoms with van der Waals surface area (Å²) in [6.45, 7) is 3.63. The van der Waals surface area contributed by atoms with Crippen LogP contribution in [-0.4, -0.2) is 11.5 Å². The Morgan fingerprint density at radius 1 is 1.32 bits per heavy atom. The Bertz CT molecular complexity index is 566. The molecular formula is C14H16N2O2S. The minimum Gasteiger partial charge on any atom is -0.312 e. The van der Waals surface area contributed by atoms with Crippen LogP contribution in [0, 0.1) is 17.0 Å². The van der Waals surface area contributed by atoms with E-state index in [0.717, 1.165) is 18.5 Å². The van der Waals surface area contributed by atoms with Crippen molar-refractivity contribution >= 4 is 16.3 Å². The molecule has 2 aromatic rings. The van der Waals surface area contributed by atoms with E-state index in [1.165, 1.54) is 22.5 Å². The van der Waals surface area contributed by atoms with E-state index in [1.54, 1.807) is 6.07 Å². The summed E-state index contributed by atoms with van der Waals surface area (Å²) in [6, 6.07) is 10.1. The largest absolute Gasteiger partial charge is 0.324 e. The molecule has 0 unspecified atom stereocenters. The van der Waals surface area contributed by atoms with Crippen molar-refractivity contribution in [3.05, 3.63) is 62.5 Å². The zero-order valence-electron chi connectivity index (χ0n) is 10.8. The second-order valence-electron chi connectivity index (χ2n) is 4.47.